The Morgan fingerprint density at radius 2 is 2.33 bits per heavy atom. The van der Waals surface area contributed by atoms with Crippen LogP contribution >= 0.6 is 11.8 Å². The van der Waals surface area contributed by atoms with Crippen LogP contribution in [0.2, 0.25) is 0 Å². The third kappa shape index (κ3) is 4.99. The van der Waals surface area contributed by atoms with E-state index in [0.717, 1.165) is 0 Å². The summed E-state index contributed by atoms with van der Waals surface area (Å²) in [6.07, 6.45) is 2.24. The van der Waals surface area contributed by atoms with Crippen LogP contribution in [-0.2, 0) is 11.3 Å². The highest BCUT2D eigenvalue weighted by molar-refractivity contribution is 7.98. The lowest BCUT2D eigenvalue weighted by molar-refractivity contribution is -0.139. The van der Waals surface area contributed by atoms with E-state index >= 15 is 0 Å². The standard InChI is InChI=1S/C8H14N6O3S/c1-18-3-2-5(7(15)16)10-8(17)9-4-6-11-13-14-12-6/h5H,2-4H2,1H3,(H,15,16)(H2,9,10,17)(H,11,12,13,14). The first-order chi connectivity index (χ1) is 8.63. The fraction of sp³-hybridized carbons (Fsp3) is 0.625. The molecule has 9 nitrogen and oxygen atoms in total. The first-order valence-electron chi connectivity index (χ1n) is 5.12. The van der Waals surface area contributed by atoms with Gasteiger partial charge in [-0.1, -0.05) is 5.21 Å². The van der Waals surface area contributed by atoms with Gasteiger partial charge in [-0.15, -0.1) is 10.2 Å². The molecule has 2 amide bonds. The molecular weight excluding hydrogens is 260 g/mol. The number of tetrazole rings is 1. The summed E-state index contributed by atoms with van der Waals surface area (Å²) < 4.78 is 0. The number of urea groups is 1. The van der Waals surface area contributed by atoms with Gasteiger partial charge in [-0.05, 0) is 18.4 Å². The molecule has 1 atom stereocenters. The highest BCUT2D eigenvalue weighted by Gasteiger charge is 2.19. The van der Waals surface area contributed by atoms with Crippen molar-refractivity contribution < 1.29 is 14.7 Å². The molecule has 0 bridgehead atoms. The highest BCUT2D eigenvalue weighted by atomic mass is 32.2. The van der Waals surface area contributed by atoms with Crippen LogP contribution in [0, 0.1) is 0 Å². The monoisotopic (exact) mass is 274 g/mol. The minimum atomic E-state index is -1.06. The Hall–Kier alpha value is -1.84. The number of amides is 2. The molecule has 1 aromatic rings. The second kappa shape index (κ2) is 7.48. The molecule has 0 aliphatic carbocycles. The van der Waals surface area contributed by atoms with Crippen molar-refractivity contribution in [1.29, 1.82) is 0 Å². The number of carboxylic acids is 1. The van der Waals surface area contributed by atoms with Gasteiger partial charge in [0.2, 0.25) is 0 Å². The van der Waals surface area contributed by atoms with E-state index in [1.807, 2.05) is 6.26 Å². The molecule has 1 aromatic heterocycles. The number of thioether (sulfide) groups is 1. The Bertz CT molecular complexity index is 384. The first kappa shape index (κ1) is 14.2. The summed E-state index contributed by atoms with van der Waals surface area (Å²) in [4.78, 5) is 22.3. The van der Waals surface area contributed by atoms with Crippen molar-refractivity contribution in [2.75, 3.05) is 12.0 Å². The van der Waals surface area contributed by atoms with Crippen molar-refractivity contribution in [2.45, 2.75) is 19.0 Å². The average Bonchev–Trinajstić information content (AvgIpc) is 2.84. The Balaban J connectivity index is 2.34. The van der Waals surface area contributed by atoms with Crippen LogP contribution in [0.1, 0.15) is 12.2 Å². The molecule has 0 aromatic carbocycles. The summed E-state index contributed by atoms with van der Waals surface area (Å²) in [5, 5.41) is 26.6. The Labute approximate surface area is 107 Å². The molecule has 1 heterocycles. The molecule has 4 N–H and O–H groups in total. The van der Waals surface area contributed by atoms with Crippen molar-refractivity contribution in [2.24, 2.45) is 0 Å². The number of carbonyl (C=O) groups is 2. The quantitative estimate of drug-likeness (QED) is 0.511. The molecule has 18 heavy (non-hydrogen) atoms. The zero-order valence-electron chi connectivity index (χ0n) is 9.71. The van der Waals surface area contributed by atoms with E-state index in [2.05, 4.69) is 31.3 Å². The highest BCUT2D eigenvalue weighted by Crippen LogP contribution is 2.00. The van der Waals surface area contributed by atoms with E-state index in [-0.39, 0.29) is 6.54 Å². The van der Waals surface area contributed by atoms with Crippen molar-refractivity contribution in [3.63, 3.8) is 0 Å². The van der Waals surface area contributed by atoms with Crippen molar-refractivity contribution in [3.05, 3.63) is 5.82 Å². The van der Waals surface area contributed by atoms with Gasteiger partial charge in [-0.2, -0.15) is 17.0 Å². The van der Waals surface area contributed by atoms with Gasteiger partial charge in [0.05, 0.1) is 6.54 Å². The molecule has 0 radical (unpaired) electrons. The number of hydrogen-bond donors (Lipinski definition) is 4. The van der Waals surface area contributed by atoms with E-state index in [1.54, 1.807) is 0 Å². The van der Waals surface area contributed by atoms with Gasteiger partial charge < -0.3 is 15.7 Å². The summed E-state index contributed by atoms with van der Waals surface area (Å²) in [5.74, 6) is -0.0814. The second-order valence-electron chi connectivity index (χ2n) is 3.33. The van der Waals surface area contributed by atoms with Crippen molar-refractivity contribution in [1.82, 2.24) is 31.3 Å². The predicted octanol–water partition coefficient (Wildman–Crippen LogP) is -0.795. The normalized spacial score (nSPS) is 11.8. The smallest absolute Gasteiger partial charge is 0.326 e. The van der Waals surface area contributed by atoms with Gasteiger partial charge in [0.1, 0.15) is 6.04 Å². The molecule has 0 aliphatic rings. The van der Waals surface area contributed by atoms with Gasteiger partial charge in [0, 0.05) is 0 Å². The zero-order valence-corrected chi connectivity index (χ0v) is 10.5. The number of nitrogens with zero attached hydrogens (tertiary/aromatic N) is 3. The summed E-state index contributed by atoms with van der Waals surface area (Å²) in [5.41, 5.74) is 0. The summed E-state index contributed by atoms with van der Waals surface area (Å²) in [7, 11) is 0. The molecule has 10 heteroatoms. The zero-order chi connectivity index (χ0) is 13.4. The van der Waals surface area contributed by atoms with E-state index in [9.17, 15) is 9.59 Å². The van der Waals surface area contributed by atoms with E-state index in [1.165, 1.54) is 11.8 Å². The number of aliphatic carboxylic acids is 1. The maximum absolute atomic E-state index is 11.4. The molecule has 1 unspecified atom stereocenters. The number of carboxylic acid groups (broad SMARTS) is 1. The average molecular weight is 274 g/mol. The number of H-pyrrole nitrogens is 1. The Morgan fingerprint density at radius 1 is 1.56 bits per heavy atom. The number of hydrogen-bond acceptors (Lipinski definition) is 6. The predicted molar refractivity (Wildman–Crippen MR) is 64.0 cm³/mol. The van der Waals surface area contributed by atoms with Crippen molar-refractivity contribution >= 4 is 23.8 Å². The molecule has 0 saturated carbocycles. The molecule has 1 rings (SSSR count). The second-order valence-corrected chi connectivity index (χ2v) is 4.31. The fourth-order valence-corrected chi connectivity index (χ4v) is 1.59. The van der Waals surface area contributed by atoms with E-state index in [0.29, 0.717) is 18.0 Å². The number of rotatable bonds is 7. The minimum Gasteiger partial charge on any atom is -0.480 e. The number of carbonyl (C=O) groups excluding carboxylic acids is 1. The molecule has 0 fully saturated rings. The lowest BCUT2D eigenvalue weighted by Gasteiger charge is -2.13. The lowest BCUT2D eigenvalue weighted by atomic mass is 10.2. The SMILES string of the molecule is CSCCC(NC(=O)NCc1nn[nH]n1)C(=O)O. The van der Waals surface area contributed by atoms with Gasteiger partial charge >= 0.3 is 12.0 Å². The number of aromatic nitrogens is 4. The van der Waals surface area contributed by atoms with Crippen LogP contribution < -0.4 is 10.6 Å². The van der Waals surface area contributed by atoms with Crippen LogP contribution in [0.5, 0.6) is 0 Å². The summed E-state index contributed by atoms with van der Waals surface area (Å²) >= 11 is 1.52. The van der Waals surface area contributed by atoms with Crippen molar-refractivity contribution in [3.8, 4) is 0 Å². The van der Waals surface area contributed by atoms with Gasteiger partial charge in [0.15, 0.2) is 5.82 Å². The maximum atomic E-state index is 11.4. The lowest BCUT2D eigenvalue weighted by Crippen LogP contribution is -2.46. The first-order valence-corrected chi connectivity index (χ1v) is 6.51. The largest absolute Gasteiger partial charge is 0.480 e. The van der Waals surface area contributed by atoms with E-state index < -0.39 is 18.0 Å². The third-order valence-corrected chi connectivity index (χ3v) is 2.65. The summed E-state index contributed by atoms with van der Waals surface area (Å²) in [6, 6.07) is -1.48. The van der Waals surface area contributed by atoms with Crippen LogP contribution in [0.15, 0.2) is 0 Å². The third-order valence-electron chi connectivity index (χ3n) is 2.01. The fourth-order valence-electron chi connectivity index (χ4n) is 1.12. The molecule has 0 spiro atoms. The molecular formula is C8H14N6O3S. The van der Waals surface area contributed by atoms with Gasteiger partial charge in [-0.25, -0.2) is 9.59 Å². The Kier molecular flexibility index (Phi) is 5.91. The number of aromatic amines is 1. The molecule has 0 saturated heterocycles. The van der Waals surface area contributed by atoms with Crippen LogP contribution in [0.25, 0.3) is 0 Å². The van der Waals surface area contributed by atoms with Crippen LogP contribution in [-0.4, -0.2) is 55.8 Å². The van der Waals surface area contributed by atoms with Gasteiger partial charge in [-0.3, -0.25) is 0 Å². The van der Waals surface area contributed by atoms with Crippen LogP contribution in [0.4, 0.5) is 4.79 Å². The molecule has 0 aliphatic heterocycles. The number of nitrogens with one attached hydrogen (secondary N) is 3. The van der Waals surface area contributed by atoms with Crippen LogP contribution in [0.3, 0.4) is 0 Å². The summed E-state index contributed by atoms with van der Waals surface area (Å²) in [6.45, 7) is 0.0806. The van der Waals surface area contributed by atoms with E-state index in [4.69, 9.17) is 5.11 Å². The topological polar surface area (TPSA) is 133 Å². The van der Waals surface area contributed by atoms with Gasteiger partial charge in [0.25, 0.3) is 0 Å². The molecule has 100 valence electrons. The Morgan fingerprint density at radius 3 is 2.89 bits per heavy atom. The maximum Gasteiger partial charge on any atom is 0.326 e. The minimum absolute atomic E-state index is 0.0806.